The topological polar surface area (TPSA) is 122 Å². The molecule has 36 heavy (non-hydrogen) atoms. The fourth-order valence-electron chi connectivity index (χ4n) is 4.63. The fourth-order valence-corrected chi connectivity index (χ4v) is 4.63. The molecule has 3 aromatic rings. The number of aliphatic hydroxyl groups is 1. The van der Waals surface area contributed by atoms with Gasteiger partial charge in [0, 0.05) is 29.4 Å². The molecule has 9 nitrogen and oxygen atoms in total. The van der Waals surface area contributed by atoms with Gasteiger partial charge in [-0.25, -0.2) is 9.59 Å². The van der Waals surface area contributed by atoms with E-state index >= 15 is 0 Å². The second-order valence-electron chi connectivity index (χ2n) is 8.48. The molecule has 1 aliphatic rings. The Morgan fingerprint density at radius 2 is 1.94 bits per heavy atom. The highest BCUT2D eigenvalue weighted by molar-refractivity contribution is 6.04. The van der Waals surface area contributed by atoms with Crippen LogP contribution in [0.4, 0.5) is 34.1 Å². The number of aliphatic hydroxyl groups excluding tert-OH is 1. The SMILES string of the molecule is CC[C@@H]1CC[C@@H](C(O)Nc2cccc(OC(F)(F)F)c2)N1C(=O)Nc1cn(C(N)=O)c2ccccc12. The summed E-state index contributed by atoms with van der Waals surface area (Å²) in [7, 11) is 0. The van der Waals surface area contributed by atoms with E-state index in [4.69, 9.17) is 5.73 Å². The first-order chi connectivity index (χ1) is 17.1. The van der Waals surface area contributed by atoms with Crippen LogP contribution in [0.15, 0.2) is 54.7 Å². The molecule has 1 fully saturated rings. The number of benzene rings is 2. The number of carbonyl (C=O) groups is 2. The Hall–Kier alpha value is -3.93. The molecule has 2 heterocycles. The number of nitrogens with zero attached hydrogens (tertiary/aromatic N) is 2. The van der Waals surface area contributed by atoms with Crippen LogP contribution in [-0.2, 0) is 0 Å². The van der Waals surface area contributed by atoms with Gasteiger partial charge in [0.15, 0.2) is 0 Å². The number of aromatic nitrogens is 1. The Morgan fingerprint density at radius 1 is 1.19 bits per heavy atom. The molecule has 1 unspecified atom stereocenters. The van der Waals surface area contributed by atoms with Gasteiger partial charge in [0.05, 0.1) is 17.2 Å². The van der Waals surface area contributed by atoms with Crippen molar-refractivity contribution in [3.63, 3.8) is 0 Å². The first-order valence-corrected chi connectivity index (χ1v) is 11.4. The Balaban J connectivity index is 1.54. The number of alkyl halides is 3. The van der Waals surface area contributed by atoms with Crippen molar-refractivity contribution in [2.45, 2.75) is 50.9 Å². The summed E-state index contributed by atoms with van der Waals surface area (Å²) < 4.78 is 42.8. The number of halogens is 3. The van der Waals surface area contributed by atoms with Crippen molar-refractivity contribution in [2.24, 2.45) is 5.73 Å². The molecule has 2 aromatic carbocycles. The number of carbonyl (C=O) groups excluding carboxylic acids is 2. The van der Waals surface area contributed by atoms with Gasteiger partial charge in [-0.2, -0.15) is 0 Å². The Labute approximate surface area is 204 Å². The van der Waals surface area contributed by atoms with Crippen molar-refractivity contribution in [2.75, 3.05) is 10.6 Å². The first kappa shape index (κ1) is 25.2. The molecular formula is C24H26F3N5O4. The van der Waals surface area contributed by atoms with Crippen molar-refractivity contribution in [1.82, 2.24) is 9.47 Å². The van der Waals surface area contributed by atoms with Gasteiger partial charge in [-0.15, -0.1) is 13.2 Å². The second-order valence-corrected chi connectivity index (χ2v) is 8.48. The van der Waals surface area contributed by atoms with Gasteiger partial charge in [0.2, 0.25) is 0 Å². The number of fused-ring (bicyclic) bond motifs is 1. The number of para-hydroxylation sites is 1. The lowest BCUT2D eigenvalue weighted by Gasteiger charge is -2.33. The number of anilines is 2. The maximum absolute atomic E-state index is 13.4. The van der Waals surface area contributed by atoms with Gasteiger partial charge in [-0.3, -0.25) is 4.57 Å². The summed E-state index contributed by atoms with van der Waals surface area (Å²) in [6.07, 6.45) is -2.92. The molecular weight excluding hydrogens is 479 g/mol. The molecule has 4 rings (SSSR count). The van der Waals surface area contributed by atoms with Crippen LogP contribution in [0.1, 0.15) is 26.2 Å². The van der Waals surface area contributed by atoms with E-state index in [0.29, 0.717) is 35.9 Å². The minimum Gasteiger partial charge on any atom is -0.406 e. The highest BCUT2D eigenvalue weighted by Crippen LogP contribution is 2.32. The highest BCUT2D eigenvalue weighted by atomic mass is 19.4. The van der Waals surface area contributed by atoms with E-state index in [-0.39, 0.29) is 11.7 Å². The van der Waals surface area contributed by atoms with Crippen LogP contribution < -0.4 is 21.1 Å². The molecule has 3 amide bonds. The largest absolute Gasteiger partial charge is 0.573 e. The smallest absolute Gasteiger partial charge is 0.406 e. The standard InChI is InChI=1S/C24H26F3N5O4/c1-2-15-10-11-20(21(33)29-14-6-5-7-16(12-14)36-24(25,26)27)32(15)23(35)30-18-13-31(22(28)34)19-9-4-3-8-17(18)19/h3-9,12-13,15,20-21,29,33H,2,10-11H2,1H3,(H2,28,34)(H,30,35)/t15-,20+,21?/m1/s1. The number of likely N-dealkylation sites (tertiary alicyclic amines) is 1. The normalized spacial score (nSPS) is 18.8. The van der Waals surface area contributed by atoms with Crippen LogP contribution in [0.3, 0.4) is 0 Å². The van der Waals surface area contributed by atoms with Crippen LogP contribution in [-0.4, -0.2) is 51.3 Å². The Bertz CT molecular complexity index is 1260. The molecule has 1 aliphatic heterocycles. The minimum absolute atomic E-state index is 0.171. The van der Waals surface area contributed by atoms with Gasteiger partial charge in [-0.05, 0) is 37.5 Å². The molecule has 12 heteroatoms. The van der Waals surface area contributed by atoms with Crippen LogP contribution in [0.2, 0.25) is 0 Å². The van der Waals surface area contributed by atoms with Crippen molar-refractivity contribution >= 4 is 34.3 Å². The monoisotopic (exact) mass is 505 g/mol. The average Bonchev–Trinajstić information content (AvgIpc) is 3.40. The minimum atomic E-state index is -4.84. The predicted octanol–water partition coefficient (Wildman–Crippen LogP) is 4.67. The third-order valence-corrected chi connectivity index (χ3v) is 6.19. The Morgan fingerprint density at radius 3 is 2.64 bits per heavy atom. The molecule has 0 radical (unpaired) electrons. The quantitative estimate of drug-likeness (QED) is 0.363. The number of hydrogen-bond donors (Lipinski definition) is 4. The van der Waals surface area contributed by atoms with Crippen molar-refractivity contribution in [3.8, 4) is 5.75 Å². The number of nitrogens with two attached hydrogens (primary N) is 1. The van der Waals surface area contributed by atoms with Crippen LogP contribution >= 0.6 is 0 Å². The summed E-state index contributed by atoms with van der Waals surface area (Å²) in [4.78, 5) is 26.8. The van der Waals surface area contributed by atoms with E-state index in [1.54, 1.807) is 24.3 Å². The lowest BCUT2D eigenvalue weighted by molar-refractivity contribution is -0.274. The van der Waals surface area contributed by atoms with E-state index < -0.39 is 36.4 Å². The Kier molecular flexibility index (Phi) is 6.97. The van der Waals surface area contributed by atoms with E-state index in [2.05, 4.69) is 15.4 Å². The van der Waals surface area contributed by atoms with E-state index in [0.717, 1.165) is 12.1 Å². The van der Waals surface area contributed by atoms with Gasteiger partial charge in [0.25, 0.3) is 0 Å². The molecule has 5 N–H and O–H groups in total. The van der Waals surface area contributed by atoms with Gasteiger partial charge in [0.1, 0.15) is 12.0 Å². The van der Waals surface area contributed by atoms with Gasteiger partial charge < -0.3 is 31.1 Å². The fraction of sp³-hybridized carbons (Fsp3) is 0.333. The summed E-state index contributed by atoms with van der Waals surface area (Å²) in [6.45, 7) is 1.92. The van der Waals surface area contributed by atoms with Crippen LogP contribution in [0.25, 0.3) is 10.9 Å². The molecule has 1 saturated heterocycles. The summed E-state index contributed by atoms with van der Waals surface area (Å²) >= 11 is 0. The average molecular weight is 505 g/mol. The van der Waals surface area contributed by atoms with Crippen molar-refractivity contribution in [3.05, 3.63) is 54.7 Å². The van der Waals surface area contributed by atoms with Crippen LogP contribution in [0, 0.1) is 0 Å². The second kappa shape index (κ2) is 9.97. The van der Waals surface area contributed by atoms with E-state index in [9.17, 15) is 27.9 Å². The van der Waals surface area contributed by atoms with Crippen molar-refractivity contribution in [1.29, 1.82) is 0 Å². The number of urea groups is 1. The first-order valence-electron chi connectivity index (χ1n) is 11.4. The molecule has 1 aromatic heterocycles. The maximum atomic E-state index is 13.4. The summed E-state index contributed by atoms with van der Waals surface area (Å²) in [5.74, 6) is -0.432. The van der Waals surface area contributed by atoms with Crippen molar-refractivity contribution < 1.29 is 32.6 Å². The number of nitrogens with one attached hydrogen (secondary N) is 2. The molecule has 0 aliphatic carbocycles. The maximum Gasteiger partial charge on any atom is 0.573 e. The molecule has 0 bridgehead atoms. The number of amides is 3. The lowest BCUT2D eigenvalue weighted by atomic mass is 10.1. The zero-order valence-corrected chi connectivity index (χ0v) is 19.3. The highest BCUT2D eigenvalue weighted by Gasteiger charge is 2.40. The third-order valence-electron chi connectivity index (χ3n) is 6.19. The third kappa shape index (κ3) is 5.33. The van der Waals surface area contributed by atoms with E-state index in [1.165, 1.54) is 27.8 Å². The predicted molar refractivity (Wildman–Crippen MR) is 128 cm³/mol. The number of rotatable bonds is 6. The summed E-state index contributed by atoms with van der Waals surface area (Å²) in [5.41, 5.74) is 6.58. The van der Waals surface area contributed by atoms with Gasteiger partial charge >= 0.3 is 18.4 Å². The number of primary amides is 1. The lowest BCUT2D eigenvalue weighted by Crippen LogP contribution is -2.50. The molecule has 3 atom stereocenters. The molecule has 192 valence electrons. The zero-order valence-electron chi connectivity index (χ0n) is 19.3. The summed E-state index contributed by atoms with van der Waals surface area (Å²) in [6, 6.07) is 10.1. The number of ether oxygens (including phenoxy) is 1. The zero-order chi connectivity index (χ0) is 26.0. The van der Waals surface area contributed by atoms with E-state index in [1.807, 2.05) is 6.92 Å². The number of hydrogen-bond acceptors (Lipinski definition) is 5. The summed E-state index contributed by atoms with van der Waals surface area (Å²) in [5, 5.41) is 17.1. The molecule has 0 spiro atoms. The van der Waals surface area contributed by atoms with Crippen LogP contribution in [0.5, 0.6) is 5.75 Å². The molecule has 0 saturated carbocycles. The van der Waals surface area contributed by atoms with Gasteiger partial charge in [-0.1, -0.05) is 31.2 Å².